The van der Waals surface area contributed by atoms with Gasteiger partial charge in [0.05, 0.1) is 5.38 Å². The molecule has 0 bridgehead atoms. The Morgan fingerprint density at radius 2 is 1.40 bits per heavy atom. The SMILES string of the molecule is Fc1ccccc1C(Cl)c1ccc(Cl)c2ccccc12. The average molecular weight is 305 g/mol. The van der Waals surface area contributed by atoms with Gasteiger partial charge in [-0.3, -0.25) is 0 Å². The molecule has 0 aliphatic carbocycles. The molecule has 0 radical (unpaired) electrons. The Hall–Kier alpha value is -1.57. The molecular formula is C17H11Cl2F. The molecule has 0 aliphatic rings. The zero-order valence-electron chi connectivity index (χ0n) is 10.5. The molecule has 0 aromatic heterocycles. The van der Waals surface area contributed by atoms with Gasteiger partial charge in [0.25, 0.3) is 0 Å². The second-order valence-corrected chi connectivity index (χ2v) is 5.41. The van der Waals surface area contributed by atoms with Gasteiger partial charge in [-0.15, -0.1) is 11.6 Å². The summed E-state index contributed by atoms with van der Waals surface area (Å²) in [5, 5.41) is 2.00. The number of fused-ring (bicyclic) bond motifs is 1. The van der Waals surface area contributed by atoms with E-state index in [0.29, 0.717) is 10.6 Å². The summed E-state index contributed by atoms with van der Waals surface area (Å²) in [5.41, 5.74) is 1.33. The Morgan fingerprint density at radius 3 is 2.15 bits per heavy atom. The number of hydrogen-bond donors (Lipinski definition) is 0. The monoisotopic (exact) mass is 304 g/mol. The van der Waals surface area contributed by atoms with Crippen LogP contribution in [0, 0.1) is 5.82 Å². The van der Waals surface area contributed by atoms with Gasteiger partial charge in [-0.1, -0.05) is 60.1 Å². The van der Waals surface area contributed by atoms with Crippen molar-refractivity contribution in [2.45, 2.75) is 5.38 Å². The predicted molar refractivity (Wildman–Crippen MR) is 83.1 cm³/mol. The second kappa shape index (κ2) is 5.43. The van der Waals surface area contributed by atoms with Gasteiger partial charge in [0.2, 0.25) is 0 Å². The molecule has 0 aliphatic heterocycles. The van der Waals surface area contributed by atoms with Gasteiger partial charge in [-0.05, 0) is 23.1 Å². The van der Waals surface area contributed by atoms with E-state index < -0.39 is 5.38 Å². The van der Waals surface area contributed by atoms with E-state index in [1.54, 1.807) is 24.3 Å². The number of hydrogen-bond acceptors (Lipinski definition) is 0. The lowest BCUT2D eigenvalue weighted by atomic mass is 9.97. The summed E-state index contributed by atoms with van der Waals surface area (Å²) in [6.45, 7) is 0. The first-order valence-electron chi connectivity index (χ1n) is 6.24. The molecular weight excluding hydrogens is 294 g/mol. The number of rotatable bonds is 2. The van der Waals surface area contributed by atoms with Gasteiger partial charge in [0, 0.05) is 16.0 Å². The van der Waals surface area contributed by atoms with Crippen molar-refractivity contribution < 1.29 is 4.39 Å². The van der Waals surface area contributed by atoms with E-state index in [2.05, 4.69) is 0 Å². The van der Waals surface area contributed by atoms with E-state index in [1.807, 2.05) is 30.3 Å². The standard InChI is InChI=1S/C17H11Cl2F/c18-15-10-9-13(11-5-1-2-6-12(11)15)17(19)14-7-3-4-8-16(14)20/h1-10,17H. The summed E-state index contributed by atoms with van der Waals surface area (Å²) in [4.78, 5) is 0. The van der Waals surface area contributed by atoms with Gasteiger partial charge >= 0.3 is 0 Å². The summed E-state index contributed by atoms with van der Waals surface area (Å²) in [6.07, 6.45) is 0. The first kappa shape index (κ1) is 13.4. The fraction of sp³-hybridized carbons (Fsp3) is 0.0588. The lowest BCUT2D eigenvalue weighted by Crippen LogP contribution is -1.98. The maximum Gasteiger partial charge on any atom is 0.128 e. The normalized spacial score (nSPS) is 12.6. The molecule has 0 N–H and O–H groups in total. The molecule has 3 aromatic rings. The highest BCUT2D eigenvalue weighted by atomic mass is 35.5. The van der Waals surface area contributed by atoms with Crippen LogP contribution in [0.3, 0.4) is 0 Å². The van der Waals surface area contributed by atoms with Crippen LogP contribution >= 0.6 is 23.2 Å². The molecule has 20 heavy (non-hydrogen) atoms. The maximum absolute atomic E-state index is 13.9. The third kappa shape index (κ3) is 2.28. The lowest BCUT2D eigenvalue weighted by Gasteiger charge is -2.14. The van der Waals surface area contributed by atoms with Crippen LogP contribution in [0.5, 0.6) is 0 Å². The zero-order chi connectivity index (χ0) is 14.1. The molecule has 0 spiro atoms. The Labute approximate surface area is 126 Å². The summed E-state index contributed by atoms with van der Waals surface area (Å²) < 4.78 is 13.9. The highest BCUT2D eigenvalue weighted by Crippen LogP contribution is 2.37. The van der Waals surface area contributed by atoms with Crippen molar-refractivity contribution >= 4 is 34.0 Å². The van der Waals surface area contributed by atoms with Crippen molar-refractivity contribution in [3.8, 4) is 0 Å². The molecule has 0 heterocycles. The smallest absolute Gasteiger partial charge is 0.128 e. The van der Waals surface area contributed by atoms with Crippen LogP contribution < -0.4 is 0 Å². The molecule has 0 amide bonds. The average Bonchev–Trinajstić information content (AvgIpc) is 2.48. The van der Waals surface area contributed by atoms with Gasteiger partial charge in [-0.25, -0.2) is 4.39 Å². The Morgan fingerprint density at radius 1 is 0.750 bits per heavy atom. The van der Waals surface area contributed by atoms with Crippen molar-refractivity contribution in [3.05, 3.63) is 82.6 Å². The minimum absolute atomic E-state index is 0.300. The fourth-order valence-corrected chi connectivity index (χ4v) is 2.95. The van der Waals surface area contributed by atoms with Gasteiger partial charge < -0.3 is 0 Å². The van der Waals surface area contributed by atoms with E-state index in [9.17, 15) is 4.39 Å². The van der Waals surface area contributed by atoms with Crippen LogP contribution in [-0.2, 0) is 0 Å². The molecule has 3 rings (SSSR count). The number of halogens is 3. The molecule has 0 nitrogen and oxygen atoms in total. The van der Waals surface area contributed by atoms with Gasteiger partial charge in [0.15, 0.2) is 0 Å². The van der Waals surface area contributed by atoms with E-state index in [-0.39, 0.29) is 5.82 Å². The van der Waals surface area contributed by atoms with E-state index in [0.717, 1.165) is 16.3 Å². The largest absolute Gasteiger partial charge is 0.207 e. The highest BCUT2D eigenvalue weighted by Gasteiger charge is 2.17. The number of benzene rings is 3. The van der Waals surface area contributed by atoms with E-state index in [1.165, 1.54) is 6.07 Å². The Balaban J connectivity index is 2.20. The van der Waals surface area contributed by atoms with E-state index in [4.69, 9.17) is 23.2 Å². The minimum Gasteiger partial charge on any atom is -0.207 e. The quantitative estimate of drug-likeness (QED) is 0.512. The highest BCUT2D eigenvalue weighted by molar-refractivity contribution is 6.36. The van der Waals surface area contributed by atoms with Crippen molar-refractivity contribution in [1.82, 2.24) is 0 Å². The predicted octanol–water partition coefficient (Wildman–Crippen LogP) is 5.96. The first-order valence-corrected chi connectivity index (χ1v) is 7.05. The summed E-state index contributed by atoms with van der Waals surface area (Å²) in [5.74, 6) is -0.300. The molecule has 1 unspecified atom stereocenters. The van der Waals surface area contributed by atoms with Gasteiger partial charge in [-0.2, -0.15) is 0 Å². The van der Waals surface area contributed by atoms with Crippen molar-refractivity contribution in [3.63, 3.8) is 0 Å². The third-order valence-electron chi connectivity index (χ3n) is 3.36. The van der Waals surface area contributed by atoms with Crippen LogP contribution in [0.2, 0.25) is 5.02 Å². The topological polar surface area (TPSA) is 0 Å². The molecule has 0 fully saturated rings. The zero-order valence-corrected chi connectivity index (χ0v) is 12.0. The maximum atomic E-state index is 13.9. The number of alkyl halides is 1. The fourth-order valence-electron chi connectivity index (χ4n) is 2.35. The summed E-state index contributed by atoms with van der Waals surface area (Å²) >= 11 is 12.7. The lowest BCUT2D eigenvalue weighted by molar-refractivity contribution is 0.612. The Bertz CT molecular complexity index is 768. The van der Waals surface area contributed by atoms with Crippen molar-refractivity contribution in [1.29, 1.82) is 0 Å². The van der Waals surface area contributed by atoms with Crippen LogP contribution in [0.4, 0.5) is 4.39 Å². The van der Waals surface area contributed by atoms with Crippen LogP contribution in [0.1, 0.15) is 16.5 Å². The third-order valence-corrected chi connectivity index (χ3v) is 4.16. The van der Waals surface area contributed by atoms with Gasteiger partial charge in [0.1, 0.15) is 5.82 Å². The molecule has 1 atom stereocenters. The molecule has 3 heteroatoms. The van der Waals surface area contributed by atoms with Crippen molar-refractivity contribution in [2.24, 2.45) is 0 Å². The molecule has 3 aromatic carbocycles. The summed E-state index contributed by atoms with van der Waals surface area (Å²) in [7, 11) is 0. The second-order valence-electron chi connectivity index (χ2n) is 4.57. The van der Waals surface area contributed by atoms with E-state index >= 15 is 0 Å². The molecule has 0 saturated carbocycles. The minimum atomic E-state index is -0.543. The Kier molecular flexibility index (Phi) is 3.64. The van der Waals surface area contributed by atoms with Crippen LogP contribution in [0.15, 0.2) is 60.7 Å². The van der Waals surface area contributed by atoms with Crippen molar-refractivity contribution in [2.75, 3.05) is 0 Å². The molecule has 0 saturated heterocycles. The summed E-state index contributed by atoms with van der Waals surface area (Å²) in [6, 6.07) is 18.0. The first-order chi connectivity index (χ1) is 9.68. The van der Waals surface area contributed by atoms with Crippen LogP contribution in [0.25, 0.3) is 10.8 Å². The molecule has 100 valence electrons. The van der Waals surface area contributed by atoms with Crippen LogP contribution in [-0.4, -0.2) is 0 Å².